The van der Waals surface area contributed by atoms with E-state index in [2.05, 4.69) is 0 Å². The maximum Gasteiger partial charge on any atom is 0.324 e. The number of sulfone groups is 1. The van der Waals surface area contributed by atoms with E-state index >= 15 is 0 Å². The van der Waals surface area contributed by atoms with Crippen molar-refractivity contribution in [3.8, 4) is 5.75 Å². The molecule has 1 atom stereocenters. The number of hydrogen-bond acceptors (Lipinski definition) is 7. The molecule has 0 bridgehead atoms. The largest absolute Gasteiger partial charge is 0.494 e. The van der Waals surface area contributed by atoms with Crippen LogP contribution in [0.25, 0.3) is 0 Å². The van der Waals surface area contributed by atoms with Gasteiger partial charge in [0.05, 0.1) is 16.9 Å². The first kappa shape index (κ1) is 20.3. The summed E-state index contributed by atoms with van der Waals surface area (Å²) in [5.41, 5.74) is 0.0484. The van der Waals surface area contributed by atoms with Gasteiger partial charge in [-0.2, -0.15) is 0 Å². The lowest BCUT2D eigenvalue weighted by atomic mass is 10.2. The molecule has 0 radical (unpaired) electrons. The van der Waals surface area contributed by atoms with Gasteiger partial charge in [-0.15, -0.1) is 0 Å². The standard InChI is InChI=1S/C17H16FNO7S/c1-11(27(23,24)14-6-4-13(5-7-14)19(21)22)17(20)26-10-12-3-8-16(25-2)15(18)9-12/h3-9,11H,10H2,1-2H3/t11-/m1/s1. The Morgan fingerprint density at radius 3 is 2.37 bits per heavy atom. The molecule has 144 valence electrons. The zero-order valence-corrected chi connectivity index (χ0v) is 15.2. The first-order chi connectivity index (χ1) is 12.7. The van der Waals surface area contributed by atoms with E-state index in [4.69, 9.17) is 9.47 Å². The molecule has 27 heavy (non-hydrogen) atoms. The minimum atomic E-state index is -4.10. The van der Waals surface area contributed by atoms with Crippen molar-refractivity contribution in [2.75, 3.05) is 7.11 Å². The number of methoxy groups -OCH3 is 1. The highest BCUT2D eigenvalue weighted by Gasteiger charge is 2.31. The molecule has 0 aliphatic rings. The van der Waals surface area contributed by atoms with Gasteiger partial charge in [0.15, 0.2) is 26.7 Å². The molecular weight excluding hydrogens is 381 g/mol. The molecule has 10 heteroatoms. The van der Waals surface area contributed by atoms with E-state index < -0.39 is 31.8 Å². The van der Waals surface area contributed by atoms with E-state index in [0.29, 0.717) is 5.56 Å². The van der Waals surface area contributed by atoms with Crippen molar-refractivity contribution in [2.45, 2.75) is 23.7 Å². The van der Waals surface area contributed by atoms with E-state index in [9.17, 15) is 27.7 Å². The number of nitrogens with zero attached hydrogens (tertiary/aromatic N) is 1. The lowest BCUT2D eigenvalue weighted by Crippen LogP contribution is -2.29. The van der Waals surface area contributed by atoms with Crippen molar-refractivity contribution >= 4 is 21.5 Å². The lowest BCUT2D eigenvalue weighted by Gasteiger charge is -2.13. The van der Waals surface area contributed by atoms with Gasteiger partial charge >= 0.3 is 5.97 Å². The third-order valence-corrected chi connectivity index (χ3v) is 5.82. The first-order valence-corrected chi connectivity index (χ1v) is 9.19. The summed E-state index contributed by atoms with van der Waals surface area (Å²) in [7, 11) is -2.79. The summed E-state index contributed by atoms with van der Waals surface area (Å²) in [6, 6.07) is 8.12. The Morgan fingerprint density at radius 1 is 1.22 bits per heavy atom. The average molecular weight is 397 g/mol. The quantitative estimate of drug-likeness (QED) is 0.401. The van der Waals surface area contributed by atoms with Crippen molar-refractivity contribution in [1.82, 2.24) is 0 Å². The van der Waals surface area contributed by atoms with Crippen LogP contribution in [0.3, 0.4) is 0 Å². The molecule has 8 nitrogen and oxygen atoms in total. The van der Waals surface area contributed by atoms with Crippen LogP contribution >= 0.6 is 0 Å². The molecule has 0 N–H and O–H groups in total. The summed E-state index contributed by atoms with van der Waals surface area (Å²) >= 11 is 0. The van der Waals surface area contributed by atoms with Gasteiger partial charge in [-0.1, -0.05) is 6.07 Å². The molecular formula is C17H16FNO7S. The van der Waals surface area contributed by atoms with Crippen LogP contribution in [0.4, 0.5) is 10.1 Å². The van der Waals surface area contributed by atoms with Crippen LogP contribution in [0.5, 0.6) is 5.75 Å². The molecule has 0 aliphatic carbocycles. The molecule has 0 saturated carbocycles. The van der Waals surface area contributed by atoms with Gasteiger partial charge in [0.1, 0.15) is 6.61 Å². The third-order valence-electron chi connectivity index (χ3n) is 3.77. The monoisotopic (exact) mass is 397 g/mol. The van der Waals surface area contributed by atoms with Gasteiger partial charge in [0, 0.05) is 12.1 Å². The minimum Gasteiger partial charge on any atom is -0.494 e. The number of esters is 1. The Labute approximate surface area is 154 Å². The van der Waals surface area contributed by atoms with Gasteiger partial charge in [-0.3, -0.25) is 14.9 Å². The minimum absolute atomic E-state index is 0.0270. The van der Waals surface area contributed by atoms with Gasteiger partial charge < -0.3 is 9.47 Å². The highest BCUT2D eigenvalue weighted by atomic mass is 32.2. The van der Waals surface area contributed by atoms with Crippen LogP contribution < -0.4 is 4.74 Å². The summed E-state index contributed by atoms with van der Waals surface area (Å²) < 4.78 is 48.3. The van der Waals surface area contributed by atoms with Gasteiger partial charge in [0.25, 0.3) is 5.69 Å². The second kappa shape index (κ2) is 8.12. The van der Waals surface area contributed by atoms with E-state index in [1.165, 1.54) is 19.2 Å². The second-order valence-electron chi connectivity index (χ2n) is 5.51. The van der Waals surface area contributed by atoms with E-state index in [0.717, 1.165) is 37.3 Å². The smallest absolute Gasteiger partial charge is 0.324 e. The summed E-state index contributed by atoms with van der Waals surface area (Å²) in [5.74, 6) is -1.64. The van der Waals surface area contributed by atoms with Gasteiger partial charge in [-0.05, 0) is 36.8 Å². The number of hydrogen-bond donors (Lipinski definition) is 0. The van der Waals surface area contributed by atoms with Crippen molar-refractivity contribution in [2.24, 2.45) is 0 Å². The summed E-state index contributed by atoms with van der Waals surface area (Å²) in [6.45, 7) is 0.827. The van der Waals surface area contributed by atoms with E-state index in [1.54, 1.807) is 0 Å². The second-order valence-corrected chi connectivity index (χ2v) is 7.78. The molecule has 0 saturated heterocycles. The van der Waals surface area contributed by atoms with Crippen LogP contribution in [0.1, 0.15) is 12.5 Å². The number of rotatable bonds is 7. The highest BCUT2D eigenvalue weighted by Crippen LogP contribution is 2.22. The van der Waals surface area contributed by atoms with Crippen LogP contribution in [0.2, 0.25) is 0 Å². The number of nitro benzene ring substituents is 1. The molecule has 0 unspecified atom stereocenters. The topological polar surface area (TPSA) is 113 Å². The van der Waals surface area contributed by atoms with E-state index in [1.807, 2.05) is 0 Å². The predicted octanol–water partition coefficient (Wildman–Crippen LogP) is 2.65. The number of ether oxygens (including phenoxy) is 2. The van der Waals surface area contributed by atoms with Crippen molar-refractivity contribution < 1.29 is 32.0 Å². The Hall–Kier alpha value is -3.01. The zero-order chi connectivity index (χ0) is 20.2. The Balaban J connectivity index is 2.09. The summed E-state index contributed by atoms with van der Waals surface area (Å²) in [5, 5.41) is 9.10. The van der Waals surface area contributed by atoms with Crippen LogP contribution in [-0.2, 0) is 26.0 Å². The number of carbonyl (C=O) groups excluding carboxylic acids is 1. The lowest BCUT2D eigenvalue weighted by molar-refractivity contribution is -0.384. The number of benzene rings is 2. The van der Waals surface area contributed by atoms with E-state index in [-0.39, 0.29) is 22.9 Å². The molecule has 0 aliphatic heterocycles. The molecule has 0 heterocycles. The molecule has 0 spiro atoms. The van der Waals surface area contributed by atoms with Crippen LogP contribution in [-0.4, -0.2) is 31.7 Å². The van der Waals surface area contributed by atoms with Crippen molar-refractivity contribution in [3.05, 3.63) is 64.0 Å². The first-order valence-electron chi connectivity index (χ1n) is 7.64. The predicted molar refractivity (Wildman–Crippen MR) is 92.5 cm³/mol. The number of nitro groups is 1. The van der Waals surface area contributed by atoms with Crippen molar-refractivity contribution in [1.29, 1.82) is 0 Å². The van der Waals surface area contributed by atoms with Crippen molar-refractivity contribution in [3.63, 3.8) is 0 Å². The van der Waals surface area contributed by atoms with Gasteiger partial charge in [-0.25, -0.2) is 12.8 Å². The van der Waals surface area contributed by atoms with Crippen LogP contribution in [0.15, 0.2) is 47.4 Å². The average Bonchev–Trinajstić information content (AvgIpc) is 2.65. The molecule has 0 aromatic heterocycles. The van der Waals surface area contributed by atoms with Crippen LogP contribution in [0, 0.1) is 15.9 Å². The fourth-order valence-electron chi connectivity index (χ4n) is 2.16. The molecule has 2 aromatic rings. The molecule has 2 aromatic carbocycles. The fraction of sp³-hybridized carbons (Fsp3) is 0.235. The molecule has 0 fully saturated rings. The SMILES string of the molecule is COc1ccc(COC(=O)[C@@H](C)S(=O)(=O)c2ccc([N+](=O)[O-])cc2)cc1F. The van der Waals surface area contributed by atoms with Gasteiger partial charge in [0.2, 0.25) is 0 Å². The maximum absolute atomic E-state index is 13.6. The maximum atomic E-state index is 13.6. The Kier molecular flexibility index (Phi) is 6.11. The highest BCUT2D eigenvalue weighted by molar-refractivity contribution is 7.92. The third kappa shape index (κ3) is 4.59. The number of non-ortho nitro benzene ring substituents is 1. The summed E-state index contributed by atoms with van der Waals surface area (Å²) in [4.78, 5) is 21.8. The zero-order valence-electron chi connectivity index (χ0n) is 14.4. The molecule has 2 rings (SSSR count). The normalized spacial score (nSPS) is 12.3. The number of halogens is 1. The molecule has 0 amide bonds. The summed E-state index contributed by atoms with van der Waals surface area (Å²) in [6.07, 6.45) is 0. The Morgan fingerprint density at radius 2 is 1.85 bits per heavy atom. The Bertz CT molecular complexity index is 958. The fourth-order valence-corrected chi connectivity index (χ4v) is 3.40. The number of carbonyl (C=O) groups is 1.